The molecule has 3 aromatic rings. The SMILES string of the molecule is CCNC(=O)C[C@@H]1N=C(c2ccc(Cl)cc2)c2cc(OCCOCCOCCOCCNC(=O)OC(C)(C)C)ccc2-n2c(C)nnc21. The van der Waals surface area contributed by atoms with Crippen molar-refractivity contribution in [2.24, 2.45) is 4.99 Å². The molecule has 0 aliphatic carbocycles. The molecule has 14 heteroatoms. The molecule has 1 aromatic heterocycles. The summed E-state index contributed by atoms with van der Waals surface area (Å²) in [7, 11) is 0. The number of rotatable bonds is 17. The van der Waals surface area contributed by atoms with Crippen LogP contribution in [0.2, 0.25) is 5.02 Å². The summed E-state index contributed by atoms with van der Waals surface area (Å²) in [4.78, 5) is 29.4. The molecule has 0 saturated carbocycles. The van der Waals surface area contributed by atoms with Crippen LogP contribution in [0.25, 0.3) is 5.69 Å². The Morgan fingerprint density at radius 2 is 1.56 bits per heavy atom. The number of benzene rings is 2. The van der Waals surface area contributed by atoms with Crippen LogP contribution in [0.5, 0.6) is 5.75 Å². The fourth-order valence-electron chi connectivity index (χ4n) is 4.88. The summed E-state index contributed by atoms with van der Waals surface area (Å²) in [6.07, 6.45) is -0.340. The van der Waals surface area contributed by atoms with Crippen molar-refractivity contribution in [2.75, 3.05) is 59.3 Å². The molecule has 0 spiro atoms. The highest BCUT2D eigenvalue weighted by Gasteiger charge is 2.30. The number of amides is 2. The fourth-order valence-corrected chi connectivity index (χ4v) is 5.01. The number of ether oxygens (including phenoxy) is 5. The molecule has 0 radical (unpaired) electrons. The van der Waals surface area contributed by atoms with Crippen molar-refractivity contribution in [1.29, 1.82) is 0 Å². The molecular weight excluding hydrogens is 640 g/mol. The molecule has 2 heterocycles. The van der Waals surface area contributed by atoms with E-state index in [0.717, 1.165) is 16.8 Å². The summed E-state index contributed by atoms with van der Waals surface area (Å²) in [5, 5.41) is 14.9. The number of carbonyl (C=O) groups is 2. The van der Waals surface area contributed by atoms with E-state index in [2.05, 4.69) is 20.8 Å². The van der Waals surface area contributed by atoms with Gasteiger partial charge in [0.25, 0.3) is 0 Å². The summed E-state index contributed by atoms with van der Waals surface area (Å²) in [6, 6.07) is 12.7. The molecule has 0 saturated heterocycles. The van der Waals surface area contributed by atoms with Crippen LogP contribution in [0.15, 0.2) is 47.5 Å². The summed E-state index contributed by atoms with van der Waals surface area (Å²) >= 11 is 6.21. The average molecular weight is 685 g/mol. The minimum absolute atomic E-state index is 0.118. The topological polar surface area (TPSA) is 147 Å². The number of halogens is 1. The van der Waals surface area contributed by atoms with E-state index in [9.17, 15) is 9.59 Å². The molecule has 2 amide bonds. The Bertz CT molecular complexity index is 1540. The van der Waals surface area contributed by atoms with E-state index in [1.165, 1.54) is 0 Å². The Morgan fingerprint density at radius 3 is 2.23 bits per heavy atom. The van der Waals surface area contributed by atoms with Crippen LogP contribution < -0.4 is 15.4 Å². The normalized spacial score (nSPS) is 14.0. The van der Waals surface area contributed by atoms with Crippen molar-refractivity contribution in [3.8, 4) is 11.4 Å². The molecule has 48 heavy (non-hydrogen) atoms. The first-order chi connectivity index (χ1) is 23.1. The summed E-state index contributed by atoms with van der Waals surface area (Å²) in [5.74, 6) is 1.80. The predicted octanol–water partition coefficient (Wildman–Crippen LogP) is 4.60. The monoisotopic (exact) mass is 684 g/mol. The lowest BCUT2D eigenvalue weighted by atomic mass is 10.00. The maximum atomic E-state index is 12.7. The van der Waals surface area contributed by atoms with E-state index in [4.69, 9.17) is 40.3 Å². The minimum atomic E-state index is -0.552. The lowest BCUT2D eigenvalue weighted by Gasteiger charge is -2.19. The third-order valence-electron chi connectivity index (χ3n) is 6.92. The third kappa shape index (κ3) is 11.0. The number of hydrogen-bond acceptors (Lipinski definition) is 10. The largest absolute Gasteiger partial charge is 0.491 e. The van der Waals surface area contributed by atoms with Crippen molar-refractivity contribution in [3.05, 3.63) is 70.3 Å². The second-order valence-corrected chi connectivity index (χ2v) is 12.3. The summed E-state index contributed by atoms with van der Waals surface area (Å²) < 4.78 is 29.9. The van der Waals surface area contributed by atoms with Crippen molar-refractivity contribution >= 4 is 29.3 Å². The fraction of sp³-hybridized carbons (Fsp3) is 0.500. The van der Waals surface area contributed by atoms with Gasteiger partial charge in [-0.25, -0.2) is 4.79 Å². The molecular formula is C34H45ClN6O7. The zero-order valence-corrected chi connectivity index (χ0v) is 29.0. The molecule has 0 fully saturated rings. The van der Waals surface area contributed by atoms with Crippen LogP contribution in [0.3, 0.4) is 0 Å². The first-order valence-corrected chi connectivity index (χ1v) is 16.4. The number of nitrogens with one attached hydrogen (secondary N) is 2. The Morgan fingerprint density at radius 1 is 0.896 bits per heavy atom. The van der Waals surface area contributed by atoms with Crippen LogP contribution in [0, 0.1) is 6.92 Å². The van der Waals surface area contributed by atoms with Gasteiger partial charge in [0.1, 0.15) is 29.8 Å². The van der Waals surface area contributed by atoms with Gasteiger partial charge in [0.15, 0.2) is 5.82 Å². The number of aryl methyl sites for hydroxylation is 1. The lowest BCUT2D eigenvalue weighted by Crippen LogP contribution is -2.34. The van der Waals surface area contributed by atoms with E-state index >= 15 is 0 Å². The van der Waals surface area contributed by atoms with E-state index < -0.39 is 17.7 Å². The zero-order chi connectivity index (χ0) is 34.5. The minimum Gasteiger partial charge on any atom is -0.491 e. The van der Waals surface area contributed by atoms with Gasteiger partial charge < -0.3 is 34.3 Å². The van der Waals surface area contributed by atoms with Crippen molar-refractivity contribution < 1.29 is 33.3 Å². The maximum Gasteiger partial charge on any atom is 0.407 e. The standard InChI is InChI=1S/C34H45ClN6O7/c1-6-36-30(42)22-28-32-40-39-23(2)41(32)29-12-11-26(21-27(29)31(38-28)24-7-9-25(35)10-8-24)47-20-19-46-18-17-45-16-15-44-14-13-37-33(43)48-34(3,4)5/h7-12,21,28H,6,13-20,22H2,1-5H3,(H,36,42)(H,37,43)/t28-/m0/s1. The molecule has 1 aliphatic heterocycles. The summed E-state index contributed by atoms with van der Waals surface area (Å²) in [6.45, 7) is 12.8. The van der Waals surface area contributed by atoms with Gasteiger partial charge in [0.2, 0.25) is 5.91 Å². The van der Waals surface area contributed by atoms with Crippen molar-refractivity contribution in [3.63, 3.8) is 0 Å². The first-order valence-electron chi connectivity index (χ1n) is 16.1. The molecule has 1 atom stereocenters. The predicted molar refractivity (Wildman–Crippen MR) is 181 cm³/mol. The number of fused-ring (bicyclic) bond motifs is 3. The smallest absolute Gasteiger partial charge is 0.407 e. The molecule has 2 N–H and O–H groups in total. The van der Waals surface area contributed by atoms with E-state index in [-0.39, 0.29) is 12.3 Å². The number of carbonyl (C=O) groups excluding carboxylic acids is 2. The second kappa shape index (κ2) is 17.9. The highest BCUT2D eigenvalue weighted by molar-refractivity contribution is 6.30. The number of aromatic nitrogens is 3. The molecule has 13 nitrogen and oxygen atoms in total. The second-order valence-electron chi connectivity index (χ2n) is 11.9. The van der Waals surface area contributed by atoms with Crippen LogP contribution >= 0.6 is 11.6 Å². The summed E-state index contributed by atoms with van der Waals surface area (Å²) in [5.41, 5.74) is 2.66. The van der Waals surface area contributed by atoms with Gasteiger partial charge in [-0.2, -0.15) is 0 Å². The maximum absolute atomic E-state index is 12.7. The van der Waals surface area contributed by atoms with Gasteiger partial charge >= 0.3 is 6.09 Å². The number of aliphatic imine (C=N–C) groups is 1. The van der Waals surface area contributed by atoms with Gasteiger partial charge in [-0.1, -0.05) is 23.7 Å². The molecule has 1 aliphatic rings. The molecule has 0 unspecified atom stereocenters. The average Bonchev–Trinajstić information content (AvgIpc) is 3.35. The van der Waals surface area contributed by atoms with Crippen molar-refractivity contribution in [1.82, 2.24) is 25.4 Å². The van der Waals surface area contributed by atoms with Gasteiger partial charge in [-0.15, -0.1) is 10.2 Å². The Kier molecular flexibility index (Phi) is 13.7. The van der Waals surface area contributed by atoms with Gasteiger partial charge in [0.05, 0.1) is 57.5 Å². The Labute approximate surface area is 286 Å². The van der Waals surface area contributed by atoms with Crippen LogP contribution in [-0.4, -0.2) is 97.4 Å². The molecule has 0 bridgehead atoms. The van der Waals surface area contributed by atoms with Gasteiger partial charge in [-0.3, -0.25) is 14.4 Å². The lowest BCUT2D eigenvalue weighted by molar-refractivity contribution is -0.121. The number of alkyl carbamates (subject to hydrolysis) is 1. The van der Waals surface area contributed by atoms with Crippen LogP contribution in [0.1, 0.15) is 62.9 Å². The third-order valence-corrected chi connectivity index (χ3v) is 7.17. The van der Waals surface area contributed by atoms with E-state index in [1.807, 2.05) is 81.7 Å². The Hall–Kier alpha value is -4.04. The van der Waals surface area contributed by atoms with Crippen molar-refractivity contribution in [2.45, 2.75) is 52.7 Å². The Balaban J connectivity index is 1.29. The molecule has 4 rings (SSSR count). The van der Waals surface area contributed by atoms with Gasteiger partial charge in [-0.05, 0) is 65.0 Å². The number of hydrogen-bond donors (Lipinski definition) is 2. The van der Waals surface area contributed by atoms with E-state index in [0.29, 0.717) is 87.5 Å². The molecule has 2 aromatic carbocycles. The quantitative estimate of drug-likeness (QED) is 0.195. The van der Waals surface area contributed by atoms with Crippen LogP contribution in [-0.2, 0) is 23.7 Å². The molecule has 260 valence electrons. The highest BCUT2D eigenvalue weighted by Crippen LogP contribution is 2.34. The highest BCUT2D eigenvalue weighted by atomic mass is 35.5. The van der Waals surface area contributed by atoms with Gasteiger partial charge in [0, 0.05) is 29.2 Å². The zero-order valence-electron chi connectivity index (χ0n) is 28.2. The number of nitrogens with zero attached hydrogens (tertiary/aromatic N) is 4. The first kappa shape index (κ1) is 36.8. The van der Waals surface area contributed by atoms with E-state index in [1.54, 1.807) is 0 Å². The van der Waals surface area contributed by atoms with Crippen LogP contribution in [0.4, 0.5) is 4.79 Å².